The van der Waals surface area contributed by atoms with Crippen LogP contribution < -0.4 is 4.90 Å². The first-order valence-electron chi connectivity index (χ1n) is 8.46. The predicted octanol–water partition coefficient (Wildman–Crippen LogP) is 2.90. The van der Waals surface area contributed by atoms with Crippen molar-refractivity contribution in [3.8, 4) is 0 Å². The van der Waals surface area contributed by atoms with Gasteiger partial charge in [-0.1, -0.05) is 12.1 Å². The molecular formula is C19H18FN3O4. The number of carbonyl (C=O) groups excluding carboxylic acids is 2. The van der Waals surface area contributed by atoms with Gasteiger partial charge in [-0.3, -0.25) is 19.7 Å². The van der Waals surface area contributed by atoms with Crippen LogP contribution in [0.25, 0.3) is 0 Å². The van der Waals surface area contributed by atoms with Crippen molar-refractivity contribution in [2.45, 2.75) is 6.92 Å². The Morgan fingerprint density at radius 1 is 1.07 bits per heavy atom. The second-order valence-corrected chi connectivity index (χ2v) is 6.28. The van der Waals surface area contributed by atoms with Crippen molar-refractivity contribution < 1.29 is 18.9 Å². The molecule has 2 aromatic carbocycles. The number of nitro groups is 1. The lowest BCUT2D eigenvalue weighted by Crippen LogP contribution is -2.49. The van der Waals surface area contributed by atoms with Gasteiger partial charge in [0.05, 0.1) is 10.6 Å². The molecule has 0 radical (unpaired) electrons. The van der Waals surface area contributed by atoms with E-state index in [0.717, 1.165) is 0 Å². The van der Waals surface area contributed by atoms with Crippen LogP contribution in [0.1, 0.15) is 27.6 Å². The molecule has 1 saturated heterocycles. The van der Waals surface area contributed by atoms with Crippen LogP contribution in [0.2, 0.25) is 0 Å². The maximum Gasteiger partial charge on any atom is 0.282 e. The van der Waals surface area contributed by atoms with Gasteiger partial charge in [-0.15, -0.1) is 0 Å². The summed E-state index contributed by atoms with van der Waals surface area (Å²) in [5, 5.41) is 11.1. The molecular weight excluding hydrogens is 353 g/mol. The highest BCUT2D eigenvalue weighted by atomic mass is 19.1. The van der Waals surface area contributed by atoms with Crippen molar-refractivity contribution in [2.75, 3.05) is 31.1 Å². The summed E-state index contributed by atoms with van der Waals surface area (Å²) in [4.78, 5) is 37.9. The van der Waals surface area contributed by atoms with Crippen LogP contribution in [-0.4, -0.2) is 47.7 Å². The van der Waals surface area contributed by atoms with Crippen LogP contribution >= 0.6 is 0 Å². The number of halogens is 1. The Morgan fingerprint density at radius 3 is 2.33 bits per heavy atom. The zero-order valence-corrected chi connectivity index (χ0v) is 14.7. The summed E-state index contributed by atoms with van der Waals surface area (Å²) in [6, 6.07) is 10.2. The highest BCUT2D eigenvalue weighted by Crippen LogP contribution is 2.24. The Labute approximate surface area is 155 Å². The molecule has 140 valence electrons. The second kappa shape index (κ2) is 7.53. The van der Waals surface area contributed by atoms with Crippen molar-refractivity contribution in [1.29, 1.82) is 0 Å². The van der Waals surface area contributed by atoms with E-state index in [0.29, 0.717) is 37.4 Å². The quantitative estimate of drug-likeness (QED) is 0.469. The summed E-state index contributed by atoms with van der Waals surface area (Å²) in [6.45, 7) is 2.80. The number of amides is 1. The van der Waals surface area contributed by atoms with E-state index in [9.17, 15) is 24.1 Å². The summed E-state index contributed by atoms with van der Waals surface area (Å²) >= 11 is 0. The molecule has 0 bridgehead atoms. The van der Waals surface area contributed by atoms with E-state index in [4.69, 9.17) is 0 Å². The number of nitro benzene ring substituents is 1. The van der Waals surface area contributed by atoms with Gasteiger partial charge in [0.25, 0.3) is 11.6 Å². The number of rotatable bonds is 4. The molecule has 1 aliphatic heterocycles. The van der Waals surface area contributed by atoms with Crippen LogP contribution in [0, 0.1) is 15.9 Å². The molecule has 1 heterocycles. The number of nitrogens with zero attached hydrogens (tertiary/aromatic N) is 3. The fraction of sp³-hybridized carbons (Fsp3) is 0.263. The number of hydrogen-bond donors (Lipinski definition) is 0. The molecule has 1 fully saturated rings. The third-order valence-electron chi connectivity index (χ3n) is 4.59. The summed E-state index contributed by atoms with van der Waals surface area (Å²) in [5.41, 5.74) is 0.503. The summed E-state index contributed by atoms with van der Waals surface area (Å²) in [7, 11) is 0. The zero-order valence-electron chi connectivity index (χ0n) is 14.7. The monoisotopic (exact) mass is 371 g/mol. The van der Waals surface area contributed by atoms with E-state index < -0.39 is 16.6 Å². The third-order valence-corrected chi connectivity index (χ3v) is 4.59. The first-order chi connectivity index (χ1) is 12.9. The minimum atomic E-state index is -0.574. The molecule has 0 aromatic heterocycles. The van der Waals surface area contributed by atoms with E-state index in [1.165, 1.54) is 36.1 Å². The highest BCUT2D eigenvalue weighted by molar-refractivity contribution is 5.98. The summed E-state index contributed by atoms with van der Waals surface area (Å²) < 4.78 is 14.3. The minimum absolute atomic E-state index is 0.0490. The van der Waals surface area contributed by atoms with Crippen molar-refractivity contribution in [1.82, 2.24) is 4.90 Å². The Kier molecular flexibility index (Phi) is 5.16. The Balaban J connectivity index is 1.72. The van der Waals surface area contributed by atoms with Gasteiger partial charge in [0.15, 0.2) is 5.78 Å². The highest BCUT2D eigenvalue weighted by Gasteiger charge is 2.28. The van der Waals surface area contributed by atoms with Crippen LogP contribution in [0.3, 0.4) is 0 Å². The van der Waals surface area contributed by atoms with Crippen LogP contribution in [0.15, 0.2) is 42.5 Å². The Morgan fingerprint density at radius 2 is 1.74 bits per heavy atom. The Hall–Kier alpha value is -3.29. The van der Waals surface area contributed by atoms with Crippen LogP contribution in [0.5, 0.6) is 0 Å². The van der Waals surface area contributed by atoms with Gasteiger partial charge in [0.2, 0.25) is 0 Å². The topological polar surface area (TPSA) is 83.8 Å². The number of para-hydroxylation sites is 1. The number of ketones is 1. The van der Waals surface area contributed by atoms with Crippen LogP contribution in [-0.2, 0) is 0 Å². The lowest BCUT2D eigenvalue weighted by molar-refractivity contribution is -0.385. The molecule has 0 atom stereocenters. The van der Waals surface area contributed by atoms with Gasteiger partial charge in [-0.05, 0) is 31.2 Å². The predicted molar refractivity (Wildman–Crippen MR) is 97.6 cm³/mol. The molecule has 0 unspecified atom stereocenters. The number of anilines is 1. The molecule has 0 N–H and O–H groups in total. The molecule has 8 heteroatoms. The van der Waals surface area contributed by atoms with Gasteiger partial charge < -0.3 is 9.80 Å². The maximum absolute atomic E-state index is 14.3. The molecule has 0 spiro atoms. The van der Waals surface area contributed by atoms with Gasteiger partial charge in [0, 0.05) is 37.8 Å². The fourth-order valence-corrected chi connectivity index (χ4v) is 3.12. The molecule has 0 saturated carbocycles. The van der Waals surface area contributed by atoms with Crippen molar-refractivity contribution in [3.05, 3.63) is 69.5 Å². The largest absolute Gasteiger partial charge is 0.366 e. The molecule has 7 nitrogen and oxygen atoms in total. The van der Waals surface area contributed by atoms with E-state index in [1.54, 1.807) is 23.1 Å². The number of hydrogen-bond acceptors (Lipinski definition) is 5. The molecule has 1 amide bonds. The second-order valence-electron chi connectivity index (χ2n) is 6.28. The molecule has 27 heavy (non-hydrogen) atoms. The van der Waals surface area contributed by atoms with Crippen molar-refractivity contribution in [3.63, 3.8) is 0 Å². The molecule has 3 rings (SSSR count). The number of piperazine rings is 1. The fourth-order valence-electron chi connectivity index (χ4n) is 3.12. The minimum Gasteiger partial charge on any atom is -0.366 e. The number of Topliss-reactive ketones (excluding diaryl/α,β-unsaturated/α-hetero) is 1. The smallest absolute Gasteiger partial charge is 0.282 e. The van der Waals surface area contributed by atoms with E-state index in [2.05, 4.69) is 0 Å². The Bertz CT molecular complexity index is 908. The summed E-state index contributed by atoms with van der Waals surface area (Å²) in [6.07, 6.45) is 0. The van der Waals surface area contributed by atoms with Crippen molar-refractivity contribution >= 4 is 23.1 Å². The molecule has 2 aromatic rings. The SMILES string of the molecule is CC(=O)c1ccc(N2CCN(C(=O)c3ccccc3[N+](=O)[O-])CC2)c(F)c1. The summed E-state index contributed by atoms with van der Waals surface area (Å²) in [5.74, 6) is -1.10. The zero-order chi connectivity index (χ0) is 19.6. The average molecular weight is 371 g/mol. The first-order valence-corrected chi connectivity index (χ1v) is 8.46. The third kappa shape index (κ3) is 3.79. The maximum atomic E-state index is 14.3. The van der Waals surface area contributed by atoms with Gasteiger partial charge in [-0.25, -0.2) is 4.39 Å². The van der Waals surface area contributed by atoms with E-state index in [-0.39, 0.29) is 17.0 Å². The van der Waals surface area contributed by atoms with E-state index >= 15 is 0 Å². The lowest BCUT2D eigenvalue weighted by Gasteiger charge is -2.36. The van der Waals surface area contributed by atoms with Gasteiger partial charge in [0.1, 0.15) is 11.4 Å². The van der Waals surface area contributed by atoms with Crippen molar-refractivity contribution in [2.24, 2.45) is 0 Å². The average Bonchev–Trinajstić information content (AvgIpc) is 2.67. The van der Waals surface area contributed by atoms with E-state index in [1.807, 2.05) is 0 Å². The lowest BCUT2D eigenvalue weighted by atomic mass is 10.1. The molecule has 0 aliphatic carbocycles. The van der Waals surface area contributed by atoms with Crippen LogP contribution in [0.4, 0.5) is 15.8 Å². The first kappa shape index (κ1) is 18.5. The molecule has 1 aliphatic rings. The standard InChI is InChI=1S/C19H18FN3O4/c1-13(24)14-6-7-18(16(20)12-14)21-8-10-22(11-9-21)19(25)15-4-2-3-5-17(15)23(26)27/h2-7,12H,8-11H2,1H3. The van der Waals surface area contributed by atoms with Gasteiger partial charge in [-0.2, -0.15) is 0 Å². The normalized spacial score (nSPS) is 14.1. The number of carbonyl (C=O) groups is 2. The van der Waals surface area contributed by atoms with Gasteiger partial charge >= 0.3 is 0 Å². The number of benzene rings is 2.